The van der Waals surface area contributed by atoms with Gasteiger partial charge in [0.05, 0.1) is 25.2 Å². The van der Waals surface area contributed by atoms with E-state index in [-0.39, 0.29) is 18.3 Å². The van der Waals surface area contributed by atoms with Crippen molar-refractivity contribution in [2.75, 3.05) is 13.2 Å². The Balaban J connectivity index is 2.86. The van der Waals surface area contributed by atoms with Gasteiger partial charge in [0.15, 0.2) is 5.60 Å². The molecule has 5 nitrogen and oxygen atoms in total. The van der Waals surface area contributed by atoms with Gasteiger partial charge in [-0.15, -0.1) is 0 Å². The van der Waals surface area contributed by atoms with Crippen LogP contribution in [0.3, 0.4) is 0 Å². The SMILES string of the molecule is CCOC(=O)C[C@H]1CC(C)(C)O[C@@]1(C)C(=O)OCC. The Hall–Kier alpha value is -1.10. The first-order valence-corrected chi connectivity index (χ1v) is 6.78. The molecule has 0 bridgehead atoms. The summed E-state index contributed by atoms with van der Waals surface area (Å²) in [6, 6.07) is 0. The number of carbonyl (C=O) groups is 2. The lowest BCUT2D eigenvalue weighted by Crippen LogP contribution is -2.44. The van der Waals surface area contributed by atoms with Crippen LogP contribution in [-0.4, -0.2) is 36.4 Å². The maximum absolute atomic E-state index is 12.1. The van der Waals surface area contributed by atoms with Crippen molar-refractivity contribution in [3.8, 4) is 0 Å². The van der Waals surface area contributed by atoms with E-state index in [2.05, 4.69) is 0 Å². The van der Waals surface area contributed by atoms with Crippen LogP contribution in [0.4, 0.5) is 0 Å². The molecular formula is C14H24O5. The number of rotatable bonds is 5. The van der Waals surface area contributed by atoms with E-state index >= 15 is 0 Å². The number of esters is 2. The molecule has 1 aliphatic heterocycles. The molecule has 1 fully saturated rings. The second-order valence-corrected chi connectivity index (χ2v) is 5.60. The quantitative estimate of drug-likeness (QED) is 0.717. The van der Waals surface area contributed by atoms with Crippen molar-refractivity contribution < 1.29 is 23.8 Å². The van der Waals surface area contributed by atoms with E-state index < -0.39 is 17.2 Å². The van der Waals surface area contributed by atoms with Crippen molar-refractivity contribution in [2.24, 2.45) is 5.92 Å². The monoisotopic (exact) mass is 272 g/mol. The van der Waals surface area contributed by atoms with Crippen molar-refractivity contribution >= 4 is 11.9 Å². The summed E-state index contributed by atoms with van der Waals surface area (Å²) in [4.78, 5) is 23.8. The molecule has 19 heavy (non-hydrogen) atoms. The molecule has 0 spiro atoms. The van der Waals surface area contributed by atoms with Gasteiger partial charge >= 0.3 is 11.9 Å². The maximum atomic E-state index is 12.1. The van der Waals surface area contributed by atoms with E-state index in [1.54, 1.807) is 20.8 Å². The average Bonchev–Trinajstić information content (AvgIpc) is 2.50. The molecule has 0 aliphatic carbocycles. The van der Waals surface area contributed by atoms with Crippen LogP contribution < -0.4 is 0 Å². The highest BCUT2D eigenvalue weighted by Crippen LogP contribution is 2.44. The number of hydrogen-bond donors (Lipinski definition) is 0. The van der Waals surface area contributed by atoms with E-state index in [0.29, 0.717) is 19.6 Å². The van der Waals surface area contributed by atoms with Crippen LogP contribution in [0.1, 0.15) is 47.5 Å². The largest absolute Gasteiger partial charge is 0.466 e. The Morgan fingerprint density at radius 3 is 2.26 bits per heavy atom. The highest BCUT2D eigenvalue weighted by atomic mass is 16.6. The molecule has 0 saturated carbocycles. The van der Waals surface area contributed by atoms with Crippen molar-refractivity contribution in [3.63, 3.8) is 0 Å². The van der Waals surface area contributed by atoms with Crippen LogP contribution in [0.2, 0.25) is 0 Å². The Morgan fingerprint density at radius 1 is 1.16 bits per heavy atom. The molecule has 110 valence electrons. The third-order valence-electron chi connectivity index (χ3n) is 3.40. The first kappa shape index (κ1) is 16.0. The smallest absolute Gasteiger partial charge is 0.338 e. The zero-order valence-corrected chi connectivity index (χ0v) is 12.4. The van der Waals surface area contributed by atoms with Gasteiger partial charge in [-0.3, -0.25) is 4.79 Å². The average molecular weight is 272 g/mol. The van der Waals surface area contributed by atoms with Crippen molar-refractivity contribution in [2.45, 2.75) is 58.7 Å². The second kappa shape index (κ2) is 5.90. The Morgan fingerprint density at radius 2 is 1.74 bits per heavy atom. The second-order valence-electron chi connectivity index (χ2n) is 5.60. The first-order valence-electron chi connectivity index (χ1n) is 6.78. The topological polar surface area (TPSA) is 61.8 Å². The summed E-state index contributed by atoms with van der Waals surface area (Å²) in [5.74, 6) is -0.931. The Bertz CT molecular complexity index is 350. The highest BCUT2D eigenvalue weighted by molar-refractivity contribution is 5.81. The zero-order chi connectivity index (χ0) is 14.7. The summed E-state index contributed by atoms with van der Waals surface area (Å²) in [7, 11) is 0. The lowest BCUT2D eigenvalue weighted by molar-refractivity contribution is -0.178. The van der Waals surface area contributed by atoms with E-state index in [0.717, 1.165) is 0 Å². The van der Waals surface area contributed by atoms with Gasteiger partial charge in [-0.2, -0.15) is 0 Å². The summed E-state index contributed by atoms with van der Waals surface area (Å²) in [5, 5.41) is 0. The highest BCUT2D eigenvalue weighted by Gasteiger charge is 2.55. The minimum Gasteiger partial charge on any atom is -0.466 e. The molecule has 0 unspecified atom stereocenters. The molecule has 0 aromatic heterocycles. The van der Waals surface area contributed by atoms with Crippen LogP contribution in [0, 0.1) is 5.92 Å². The summed E-state index contributed by atoms with van der Waals surface area (Å²) in [6.45, 7) is 9.67. The van der Waals surface area contributed by atoms with Crippen LogP contribution >= 0.6 is 0 Å². The van der Waals surface area contributed by atoms with Gasteiger partial charge in [0.1, 0.15) is 0 Å². The van der Waals surface area contributed by atoms with Crippen molar-refractivity contribution in [3.05, 3.63) is 0 Å². The lowest BCUT2D eigenvalue weighted by atomic mass is 9.83. The minimum atomic E-state index is -1.08. The molecule has 1 aliphatic rings. The maximum Gasteiger partial charge on any atom is 0.338 e. The van der Waals surface area contributed by atoms with Gasteiger partial charge in [-0.1, -0.05) is 0 Å². The number of hydrogen-bond acceptors (Lipinski definition) is 5. The number of carbonyl (C=O) groups excluding carboxylic acids is 2. The number of ether oxygens (including phenoxy) is 3. The molecule has 1 heterocycles. The van der Waals surface area contributed by atoms with Crippen molar-refractivity contribution in [1.29, 1.82) is 0 Å². The van der Waals surface area contributed by atoms with E-state index in [1.807, 2.05) is 13.8 Å². The molecule has 0 N–H and O–H groups in total. The van der Waals surface area contributed by atoms with Gasteiger partial charge in [0.2, 0.25) is 0 Å². The predicted octanol–water partition coefficient (Wildman–Crippen LogP) is 2.08. The molecule has 0 aromatic carbocycles. The molecule has 0 amide bonds. The Kier molecular flexibility index (Phi) is 4.96. The molecule has 5 heteroatoms. The fraction of sp³-hybridized carbons (Fsp3) is 0.857. The standard InChI is InChI=1S/C14H24O5/c1-6-17-11(15)8-10-9-13(3,4)19-14(10,5)12(16)18-7-2/h10H,6-9H2,1-5H3/t10-,14+/m0/s1. The zero-order valence-electron chi connectivity index (χ0n) is 12.4. The fourth-order valence-corrected chi connectivity index (χ4v) is 2.66. The van der Waals surface area contributed by atoms with Gasteiger partial charge in [-0.05, 0) is 41.0 Å². The van der Waals surface area contributed by atoms with Crippen molar-refractivity contribution in [1.82, 2.24) is 0 Å². The lowest BCUT2D eigenvalue weighted by Gasteiger charge is -2.28. The van der Waals surface area contributed by atoms with E-state index in [1.165, 1.54) is 0 Å². The minimum absolute atomic E-state index is 0.173. The Labute approximate surface area is 114 Å². The summed E-state index contributed by atoms with van der Waals surface area (Å²) >= 11 is 0. The molecule has 0 aromatic rings. The fourth-order valence-electron chi connectivity index (χ4n) is 2.66. The van der Waals surface area contributed by atoms with Gasteiger partial charge < -0.3 is 14.2 Å². The van der Waals surface area contributed by atoms with Gasteiger partial charge in [0, 0.05) is 5.92 Å². The van der Waals surface area contributed by atoms with Gasteiger partial charge in [0.25, 0.3) is 0 Å². The molecule has 0 radical (unpaired) electrons. The third kappa shape index (κ3) is 3.69. The van der Waals surface area contributed by atoms with Crippen LogP contribution in [0.15, 0.2) is 0 Å². The molecule has 2 atom stereocenters. The summed E-state index contributed by atoms with van der Waals surface area (Å²) in [5.41, 5.74) is -1.52. The van der Waals surface area contributed by atoms with Crippen LogP contribution in [-0.2, 0) is 23.8 Å². The van der Waals surface area contributed by atoms with Gasteiger partial charge in [-0.25, -0.2) is 4.79 Å². The van der Waals surface area contributed by atoms with E-state index in [4.69, 9.17) is 14.2 Å². The summed E-state index contributed by atoms with van der Waals surface area (Å²) < 4.78 is 15.9. The predicted molar refractivity (Wildman–Crippen MR) is 69.6 cm³/mol. The molecule has 1 saturated heterocycles. The third-order valence-corrected chi connectivity index (χ3v) is 3.40. The molecule has 1 rings (SSSR count). The van der Waals surface area contributed by atoms with E-state index in [9.17, 15) is 9.59 Å². The normalized spacial score (nSPS) is 29.0. The van der Waals surface area contributed by atoms with Crippen LogP contribution in [0.5, 0.6) is 0 Å². The van der Waals surface area contributed by atoms with Crippen LogP contribution in [0.25, 0.3) is 0 Å². The molecular weight excluding hydrogens is 248 g/mol. The first-order chi connectivity index (χ1) is 8.75. The summed E-state index contributed by atoms with van der Waals surface area (Å²) in [6.07, 6.45) is 0.799.